The zero-order valence-corrected chi connectivity index (χ0v) is 10.6. The molecule has 1 aromatic rings. The molecule has 1 saturated heterocycles. The summed E-state index contributed by atoms with van der Waals surface area (Å²) in [6, 6.07) is 5.92. The largest absolute Gasteiger partial charge is 0.356 e. The number of carbonyl (C=O) groups excluding carboxylic acids is 1. The molecule has 98 valence electrons. The predicted octanol–water partition coefficient (Wildman–Crippen LogP) is 0.820. The van der Waals surface area contributed by atoms with Gasteiger partial charge in [0.25, 0.3) is 0 Å². The first kappa shape index (κ1) is 12.8. The highest BCUT2D eigenvalue weighted by Gasteiger charge is 2.35. The van der Waals surface area contributed by atoms with Crippen molar-refractivity contribution in [1.82, 2.24) is 4.90 Å². The van der Waals surface area contributed by atoms with Crippen LogP contribution in [0.25, 0.3) is 0 Å². The lowest BCUT2D eigenvalue weighted by atomic mass is 10.1. The van der Waals surface area contributed by atoms with Crippen molar-refractivity contribution < 1.29 is 9.18 Å². The summed E-state index contributed by atoms with van der Waals surface area (Å²) in [5, 5.41) is 0. The first-order valence-corrected chi connectivity index (χ1v) is 6.03. The van der Waals surface area contributed by atoms with Crippen molar-refractivity contribution >= 4 is 11.6 Å². The van der Waals surface area contributed by atoms with Crippen molar-refractivity contribution in [2.24, 2.45) is 5.73 Å². The van der Waals surface area contributed by atoms with Crippen LogP contribution < -0.4 is 10.6 Å². The maximum Gasteiger partial charge on any atom is 0.246 e. The molecule has 2 N–H and O–H groups in total. The lowest BCUT2D eigenvalue weighted by Gasteiger charge is -2.43. The van der Waals surface area contributed by atoms with Crippen molar-refractivity contribution in [1.29, 1.82) is 0 Å². The molecule has 1 fully saturated rings. The van der Waals surface area contributed by atoms with Crippen LogP contribution >= 0.6 is 0 Å². The number of halogens is 1. The van der Waals surface area contributed by atoms with Gasteiger partial charge in [-0.15, -0.1) is 0 Å². The molecule has 1 heterocycles. The molecule has 4 nitrogen and oxygen atoms in total. The molecule has 0 aromatic heterocycles. The lowest BCUT2D eigenvalue weighted by Crippen LogP contribution is -2.62. The molecule has 0 aliphatic carbocycles. The molecule has 0 spiro atoms. The van der Waals surface area contributed by atoms with Crippen molar-refractivity contribution in [3.05, 3.63) is 30.1 Å². The summed E-state index contributed by atoms with van der Waals surface area (Å²) in [6.45, 7) is 2.95. The Morgan fingerprint density at radius 1 is 1.39 bits per heavy atom. The van der Waals surface area contributed by atoms with Crippen LogP contribution in [0.2, 0.25) is 0 Å². The molecule has 1 aliphatic heterocycles. The second kappa shape index (κ2) is 4.94. The summed E-state index contributed by atoms with van der Waals surface area (Å²) in [4.78, 5) is 15.8. The number of piperazine rings is 1. The van der Waals surface area contributed by atoms with Gasteiger partial charge in [-0.3, -0.25) is 4.79 Å². The quantitative estimate of drug-likeness (QED) is 0.846. The molecule has 1 aliphatic rings. The second-order valence-electron chi connectivity index (χ2n) is 4.68. The van der Waals surface area contributed by atoms with Crippen LogP contribution in [0.3, 0.4) is 0 Å². The van der Waals surface area contributed by atoms with Gasteiger partial charge in [0.2, 0.25) is 5.91 Å². The van der Waals surface area contributed by atoms with Crippen LogP contribution in [-0.4, -0.2) is 43.0 Å². The predicted molar refractivity (Wildman–Crippen MR) is 68.8 cm³/mol. The molecule has 1 amide bonds. The molecule has 1 aromatic carbocycles. The number of likely N-dealkylation sites (N-methyl/N-ethyl adjacent to an activating group) is 1. The fraction of sp³-hybridized carbons (Fsp3) is 0.462. The molecule has 2 unspecified atom stereocenters. The zero-order chi connectivity index (χ0) is 13.3. The van der Waals surface area contributed by atoms with Gasteiger partial charge >= 0.3 is 0 Å². The molecule has 2 atom stereocenters. The summed E-state index contributed by atoms with van der Waals surface area (Å²) in [5.74, 6) is -0.267. The maximum absolute atomic E-state index is 12.9. The Bertz CT molecular complexity index is 434. The van der Waals surface area contributed by atoms with Crippen LogP contribution in [0.15, 0.2) is 24.3 Å². The summed E-state index contributed by atoms with van der Waals surface area (Å²) in [6.07, 6.45) is 0. The third-order valence-corrected chi connectivity index (χ3v) is 3.51. The van der Waals surface area contributed by atoms with Crippen LogP contribution in [-0.2, 0) is 4.79 Å². The monoisotopic (exact) mass is 251 g/mol. The Hall–Kier alpha value is -1.62. The Kier molecular flexibility index (Phi) is 3.52. The average Bonchev–Trinajstić information content (AvgIpc) is 2.37. The zero-order valence-electron chi connectivity index (χ0n) is 10.6. The van der Waals surface area contributed by atoms with Gasteiger partial charge in [-0.25, -0.2) is 4.39 Å². The van der Waals surface area contributed by atoms with Gasteiger partial charge in [0, 0.05) is 31.9 Å². The van der Waals surface area contributed by atoms with E-state index in [0.717, 1.165) is 5.69 Å². The number of amides is 1. The summed E-state index contributed by atoms with van der Waals surface area (Å²) in [5.41, 5.74) is 6.53. The van der Waals surface area contributed by atoms with Gasteiger partial charge < -0.3 is 15.5 Å². The van der Waals surface area contributed by atoms with E-state index in [4.69, 9.17) is 5.73 Å². The molecule has 0 bridgehead atoms. The van der Waals surface area contributed by atoms with Crippen molar-refractivity contribution in [3.8, 4) is 0 Å². The minimum Gasteiger partial charge on any atom is -0.356 e. The van der Waals surface area contributed by atoms with Crippen LogP contribution in [0.4, 0.5) is 10.1 Å². The second-order valence-corrected chi connectivity index (χ2v) is 4.68. The summed E-state index contributed by atoms with van der Waals surface area (Å²) >= 11 is 0. The summed E-state index contributed by atoms with van der Waals surface area (Å²) < 4.78 is 12.9. The number of anilines is 1. The highest BCUT2D eigenvalue weighted by Crippen LogP contribution is 2.23. The fourth-order valence-corrected chi connectivity index (χ4v) is 2.27. The third-order valence-electron chi connectivity index (χ3n) is 3.51. The number of carbonyl (C=O) groups is 1. The van der Waals surface area contributed by atoms with E-state index in [2.05, 4.69) is 0 Å². The van der Waals surface area contributed by atoms with E-state index in [1.807, 2.05) is 11.8 Å². The average molecular weight is 251 g/mol. The molecule has 0 saturated carbocycles. The van der Waals surface area contributed by atoms with E-state index < -0.39 is 0 Å². The molecule has 2 rings (SSSR count). The van der Waals surface area contributed by atoms with Gasteiger partial charge in [0.15, 0.2) is 0 Å². The Morgan fingerprint density at radius 2 is 2.00 bits per heavy atom. The normalized spacial score (nSPS) is 24.6. The lowest BCUT2D eigenvalue weighted by molar-refractivity contribution is -0.134. The SMILES string of the molecule is CC1CN(c2ccc(F)cc2)C(CN)C(=O)N1C. The minimum absolute atomic E-state index is 0.0144. The number of hydrogen-bond donors (Lipinski definition) is 1. The minimum atomic E-state index is -0.364. The van der Waals surface area contributed by atoms with Gasteiger partial charge in [0.05, 0.1) is 0 Å². The highest BCUT2D eigenvalue weighted by molar-refractivity contribution is 5.87. The smallest absolute Gasteiger partial charge is 0.246 e. The number of benzene rings is 1. The van der Waals surface area contributed by atoms with Gasteiger partial charge in [-0.1, -0.05) is 0 Å². The van der Waals surface area contributed by atoms with E-state index >= 15 is 0 Å². The molecule has 0 radical (unpaired) electrons. The first-order chi connectivity index (χ1) is 8.54. The summed E-state index contributed by atoms with van der Waals surface area (Å²) in [7, 11) is 1.79. The van der Waals surface area contributed by atoms with E-state index in [9.17, 15) is 9.18 Å². The maximum atomic E-state index is 12.9. The van der Waals surface area contributed by atoms with Crippen LogP contribution in [0, 0.1) is 5.82 Å². The van der Waals surface area contributed by atoms with Crippen molar-refractivity contribution in [2.45, 2.75) is 19.0 Å². The van der Waals surface area contributed by atoms with Crippen molar-refractivity contribution in [2.75, 3.05) is 25.0 Å². The molecule has 18 heavy (non-hydrogen) atoms. The Labute approximate surface area is 106 Å². The number of rotatable bonds is 2. The van der Waals surface area contributed by atoms with E-state index in [1.54, 1.807) is 24.1 Å². The molecular formula is C13H18FN3O. The van der Waals surface area contributed by atoms with E-state index in [1.165, 1.54) is 12.1 Å². The van der Waals surface area contributed by atoms with E-state index in [0.29, 0.717) is 6.54 Å². The van der Waals surface area contributed by atoms with Gasteiger partial charge in [-0.05, 0) is 31.2 Å². The number of nitrogens with two attached hydrogens (primary N) is 1. The third kappa shape index (κ3) is 2.18. The first-order valence-electron chi connectivity index (χ1n) is 6.03. The Morgan fingerprint density at radius 3 is 2.56 bits per heavy atom. The number of nitrogens with zero attached hydrogens (tertiary/aromatic N) is 2. The van der Waals surface area contributed by atoms with Crippen LogP contribution in [0.5, 0.6) is 0 Å². The van der Waals surface area contributed by atoms with Crippen LogP contribution in [0.1, 0.15) is 6.92 Å². The van der Waals surface area contributed by atoms with E-state index in [-0.39, 0.29) is 30.4 Å². The van der Waals surface area contributed by atoms with Gasteiger partial charge in [0.1, 0.15) is 11.9 Å². The van der Waals surface area contributed by atoms with Gasteiger partial charge in [-0.2, -0.15) is 0 Å². The topological polar surface area (TPSA) is 49.6 Å². The van der Waals surface area contributed by atoms with Crippen molar-refractivity contribution in [3.63, 3.8) is 0 Å². The molecule has 5 heteroatoms. The fourth-order valence-electron chi connectivity index (χ4n) is 2.27. The molecular weight excluding hydrogens is 233 g/mol. The highest BCUT2D eigenvalue weighted by atomic mass is 19.1. The standard InChI is InChI=1S/C13H18FN3O/c1-9-8-17(11-5-3-10(14)4-6-11)12(7-15)13(18)16(9)2/h3-6,9,12H,7-8,15H2,1-2H3. The Balaban J connectivity index is 2.30. The number of hydrogen-bond acceptors (Lipinski definition) is 3.